The first kappa shape index (κ1) is 66.1. The molecule has 0 rings (SSSR count). The van der Waals surface area contributed by atoms with Gasteiger partial charge in [-0.1, -0.05) is 262 Å². The highest BCUT2D eigenvalue weighted by atomic mass is 16.5. The number of ether oxygens (including phenoxy) is 1. The van der Waals surface area contributed by atoms with Crippen LogP contribution in [0.2, 0.25) is 0 Å². The summed E-state index contributed by atoms with van der Waals surface area (Å²) in [6, 6.07) is -0.635. The zero-order chi connectivity index (χ0) is 49.3. The predicted molar refractivity (Wildman–Crippen MR) is 296 cm³/mol. The van der Waals surface area contributed by atoms with Gasteiger partial charge in [0.05, 0.1) is 25.4 Å². The third-order valence-electron chi connectivity index (χ3n) is 13.9. The van der Waals surface area contributed by atoms with Crippen molar-refractivity contribution in [2.45, 2.75) is 334 Å². The van der Waals surface area contributed by atoms with Gasteiger partial charge in [0.25, 0.3) is 0 Å². The van der Waals surface area contributed by atoms with Gasteiger partial charge in [-0.3, -0.25) is 9.59 Å². The number of aliphatic hydroxyl groups excluding tert-OH is 2. The van der Waals surface area contributed by atoms with Crippen molar-refractivity contribution in [1.29, 1.82) is 0 Å². The number of hydrogen-bond donors (Lipinski definition) is 3. The summed E-state index contributed by atoms with van der Waals surface area (Å²) < 4.78 is 5.47. The fourth-order valence-electron chi connectivity index (χ4n) is 9.21. The highest BCUT2D eigenvalue weighted by Crippen LogP contribution is 2.16. The van der Waals surface area contributed by atoms with E-state index in [9.17, 15) is 19.8 Å². The summed E-state index contributed by atoms with van der Waals surface area (Å²) in [7, 11) is 0. The number of allylic oxidation sites excluding steroid dienone is 5. The lowest BCUT2D eigenvalue weighted by atomic mass is 10.0. The van der Waals surface area contributed by atoms with Crippen LogP contribution in [-0.4, -0.2) is 47.4 Å². The van der Waals surface area contributed by atoms with Gasteiger partial charge >= 0.3 is 5.97 Å². The van der Waals surface area contributed by atoms with Gasteiger partial charge in [0, 0.05) is 12.8 Å². The summed E-state index contributed by atoms with van der Waals surface area (Å²) in [6.07, 6.45) is 71.7. The number of nitrogens with one attached hydrogen (secondary N) is 1. The van der Waals surface area contributed by atoms with E-state index in [4.69, 9.17) is 4.74 Å². The fourth-order valence-corrected chi connectivity index (χ4v) is 9.21. The minimum absolute atomic E-state index is 0.00244. The molecule has 0 saturated carbocycles. The number of carbonyl (C=O) groups is 2. The Morgan fingerprint density at radius 2 is 0.691 bits per heavy atom. The second kappa shape index (κ2) is 57.7. The van der Waals surface area contributed by atoms with E-state index in [0.717, 1.165) is 51.4 Å². The van der Waals surface area contributed by atoms with Gasteiger partial charge < -0.3 is 20.3 Å². The van der Waals surface area contributed by atoms with Crippen LogP contribution in [0.3, 0.4) is 0 Å². The maximum atomic E-state index is 12.5. The highest BCUT2D eigenvalue weighted by molar-refractivity contribution is 5.76. The molecule has 6 nitrogen and oxygen atoms in total. The van der Waals surface area contributed by atoms with Crippen molar-refractivity contribution in [2.24, 2.45) is 0 Å². The molecular weight excluding hydrogens is 839 g/mol. The molecule has 0 bridgehead atoms. The van der Waals surface area contributed by atoms with Crippen molar-refractivity contribution in [1.82, 2.24) is 5.32 Å². The molecule has 0 spiro atoms. The lowest BCUT2D eigenvalue weighted by molar-refractivity contribution is -0.143. The molecule has 0 heterocycles. The molecule has 2 atom stereocenters. The zero-order valence-corrected chi connectivity index (χ0v) is 45.6. The van der Waals surface area contributed by atoms with Gasteiger partial charge in [-0.25, -0.2) is 0 Å². The van der Waals surface area contributed by atoms with Crippen LogP contribution in [0.1, 0.15) is 322 Å². The monoisotopic (exact) mass is 956 g/mol. The van der Waals surface area contributed by atoms with E-state index in [0.29, 0.717) is 19.4 Å². The summed E-state index contributed by atoms with van der Waals surface area (Å²) in [4.78, 5) is 24.5. The minimum Gasteiger partial charge on any atom is -0.466 e. The van der Waals surface area contributed by atoms with Crippen molar-refractivity contribution in [3.63, 3.8) is 0 Å². The molecule has 0 aromatic rings. The average molecular weight is 957 g/mol. The molecule has 0 aliphatic carbocycles. The van der Waals surface area contributed by atoms with E-state index in [2.05, 4.69) is 43.5 Å². The van der Waals surface area contributed by atoms with Crippen molar-refractivity contribution in [3.05, 3.63) is 36.5 Å². The Bertz CT molecular complexity index is 1100. The Labute approximate surface area is 424 Å². The Balaban J connectivity index is 3.46. The number of unbranched alkanes of at least 4 members (excludes halogenated alkanes) is 41. The normalized spacial score (nSPS) is 12.8. The van der Waals surface area contributed by atoms with Gasteiger partial charge in [0.2, 0.25) is 5.91 Å². The quantitative estimate of drug-likeness (QED) is 0.0321. The number of rotatable bonds is 56. The van der Waals surface area contributed by atoms with E-state index in [1.165, 1.54) is 244 Å². The van der Waals surface area contributed by atoms with Gasteiger partial charge in [0.1, 0.15) is 0 Å². The second-order valence-corrected chi connectivity index (χ2v) is 20.7. The van der Waals surface area contributed by atoms with E-state index < -0.39 is 12.1 Å². The molecule has 2 unspecified atom stereocenters. The summed E-state index contributed by atoms with van der Waals surface area (Å²) in [5.41, 5.74) is 0. The lowest BCUT2D eigenvalue weighted by Crippen LogP contribution is -2.45. The number of carbonyl (C=O) groups excluding carboxylic acids is 2. The average Bonchev–Trinajstić information content (AvgIpc) is 3.34. The number of aliphatic hydroxyl groups is 2. The minimum atomic E-state index is -0.850. The molecule has 400 valence electrons. The summed E-state index contributed by atoms with van der Waals surface area (Å²) in [5.74, 6) is -0.0781. The summed E-state index contributed by atoms with van der Waals surface area (Å²) >= 11 is 0. The van der Waals surface area contributed by atoms with Crippen LogP contribution in [0.4, 0.5) is 0 Å². The van der Waals surface area contributed by atoms with Crippen LogP contribution in [0.15, 0.2) is 36.5 Å². The Morgan fingerprint density at radius 1 is 0.397 bits per heavy atom. The summed E-state index contributed by atoms with van der Waals surface area (Å²) in [5, 5.41) is 23.1. The van der Waals surface area contributed by atoms with Crippen molar-refractivity contribution in [3.8, 4) is 0 Å². The molecule has 0 aromatic carbocycles. The molecule has 0 aliphatic heterocycles. The fraction of sp³-hybridized carbons (Fsp3) is 0.871. The van der Waals surface area contributed by atoms with E-state index in [1.54, 1.807) is 6.08 Å². The van der Waals surface area contributed by atoms with Gasteiger partial charge in [-0.2, -0.15) is 0 Å². The molecular formula is C62H117NO5. The zero-order valence-electron chi connectivity index (χ0n) is 45.6. The van der Waals surface area contributed by atoms with Crippen molar-refractivity contribution < 1.29 is 24.5 Å². The van der Waals surface area contributed by atoms with Crippen LogP contribution in [-0.2, 0) is 14.3 Å². The first-order valence-corrected chi connectivity index (χ1v) is 30.3. The maximum absolute atomic E-state index is 12.5. The molecule has 0 aliphatic rings. The van der Waals surface area contributed by atoms with Gasteiger partial charge in [0.15, 0.2) is 0 Å². The predicted octanol–water partition coefficient (Wildman–Crippen LogP) is 18.8. The lowest BCUT2D eigenvalue weighted by Gasteiger charge is -2.20. The smallest absolute Gasteiger partial charge is 0.305 e. The van der Waals surface area contributed by atoms with Crippen LogP contribution >= 0.6 is 0 Å². The molecule has 1 amide bonds. The number of hydrogen-bond acceptors (Lipinski definition) is 5. The Kier molecular flexibility index (Phi) is 56.0. The van der Waals surface area contributed by atoms with Gasteiger partial charge in [-0.15, -0.1) is 0 Å². The van der Waals surface area contributed by atoms with Crippen molar-refractivity contribution >= 4 is 11.9 Å². The Morgan fingerprint density at radius 3 is 1.04 bits per heavy atom. The Hall–Kier alpha value is -1.92. The first-order valence-electron chi connectivity index (χ1n) is 30.3. The highest BCUT2D eigenvalue weighted by Gasteiger charge is 2.18. The standard InChI is InChI=1S/C62H117NO5/c1-3-5-7-9-11-13-15-17-19-27-30-34-38-42-46-50-54-60(65)59(58-64)63-61(66)55-51-47-43-39-35-31-28-24-22-20-21-23-25-29-33-37-41-45-49-53-57-68-62(67)56-52-48-44-40-36-32-26-18-16-14-12-10-8-6-4-2/h18,20,22,26,50,54,59-60,64-65H,3-17,19,21,23-25,27-49,51-53,55-58H2,1-2H3,(H,63,66)/b22-20-,26-18-,54-50+. The van der Waals surface area contributed by atoms with Crippen LogP contribution < -0.4 is 5.32 Å². The largest absolute Gasteiger partial charge is 0.466 e. The summed E-state index contributed by atoms with van der Waals surface area (Å²) in [6.45, 7) is 4.90. The molecule has 0 aromatic heterocycles. The van der Waals surface area contributed by atoms with Crippen molar-refractivity contribution in [2.75, 3.05) is 13.2 Å². The molecule has 0 saturated heterocycles. The third-order valence-corrected chi connectivity index (χ3v) is 13.9. The molecule has 6 heteroatoms. The number of esters is 1. The van der Waals surface area contributed by atoms with Crippen LogP contribution in [0, 0.1) is 0 Å². The van der Waals surface area contributed by atoms with Crippen LogP contribution in [0.25, 0.3) is 0 Å². The molecule has 0 radical (unpaired) electrons. The molecule has 68 heavy (non-hydrogen) atoms. The van der Waals surface area contributed by atoms with Gasteiger partial charge in [-0.05, 0) is 83.5 Å². The number of amides is 1. The second-order valence-electron chi connectivity index (χ2n) is 20.7. The van der Waals surface area contributed by atoms with Crippen LogP contribution in [0.5, 0.6) is 0 Å². The van der Waals surface area contributed by atoms with E-state index in [-0.39, 0.29) is 18.5 Å². The van der Waals surface area contributed by atoms with E-state index >= 15 is 0 Å². The SMILES string of the molecule is CCCCCCCC/C=C\CCCCCCCC(=O)OCCCCCCCCCCC/C=C\CCCCCCCCCC(=O)NC(CO)C(O)/C=C/CCCCCCCCCCCCCCCC. The molecule has 3 N–H and O–H groups in total. The third kappa shape index (κ3) is 53.4. The molecule has 0 fully saturated rings. The first-order chi connectivity index (χ1) is 33.5. The van der Waals surface area contributed by atoms with E-state index in [1.807, 2.05) is 6.08 Å². The maximum Gasteiger partial charge on any atom is 0.305 e. The topological polar surface area (TPSA) is 95.9 Å².